The Labute approximate surface area is 141 Å². The molecule has 0 bridgehead atoms. The average molecular weight is 351 g/mol. The summed E-state index contributed by atoms with van der Waals surface area (Å²) in [6, 6.07) is 9.56. The lowest BCUT2D eigenvalue weighted by atomic mass is 10.3. The predicted molar refractivity (Wildman–Crippen MR) is 86.6 cm³/mol. The van der Waals surface area contributed by atoms with Gasteiger partial charge in [0.05, 0.1) is 17.3 Å². The van der Waals surface area contributed by atoms with Gasteiger partial charge in [-0.05, 0) is 18.6 Å². The van der Waals surface area contributed by atoms with E-state index in [1.54, 1.807) is 10.9 Å². The van der Waals surface area contributed by atoms with Gasteiger partial charge in [0.2, 0.25) is 0 Å². The number of hydrogen-bond donors (Lipinski definition) is 1. The maximum atomic E-state index is 12.0. The summed E-state index contributed by atoms with van der Waals surface area (Å²) in [5.41, 5.74) is 1.53. The van der Waals surface area contributed by atoms with Crippen molar-refractivity contribution in [1.29, 1.82) is 0 Å². The number of para-hydroxylation sites is 1. The molecule has 0 saturated heterocycles. The fourth-order valence-electron chi connectivity index (χ4n) is 2.31. The van der Waals surface area contributed by atoms with Gasteiger partial charge in [-0.3, -0.25) is 0 Å². The predicted octanol–water partition coefficient (Wildman–Crippen LogP) is 3.20. The second kappa shape index (κ2) is 7.47. The van der Waals surface area contributed by atoms with Gasteiger partial charge in [0.1, 0.15) is 18.8 Å². The third kappa shape index (κ3) is 4.44. The molecule has 0 amide bonds. The first kappa shape index (κ1) is 17.2. The number of benzene rings is 1. The molecule has 1 N–H and O–H groups in total. The van der Waals surface area contributed by atoms with Gasteiger partial charge in [-0.2, -0.15) is 18.3 Å². The fourth-order valence-corrected chi connectivity index (χ4v) is 2.31. The van der Waals surface area contributed by atoms with Crippen LogP contribution in [0.15, 0.2) is 42.9 Å². The summed E-state index contributed by atoms with van der Waals surface area (Å²) in [6.45, 7) is -0.779. The molecule has 2 aromatic heterocycles. The number of halogens is 3. The van der Waals surface area contributed by atoms with Crippen LogP contribution >= 0.6 is 0 Å². The normalized spacial score (nSPS) is 11.8. The van der Waals surface area contributed by atoms with E-state index in [2.05, 4.69) is 25.1 Å². The minimum absolute atomic E-state index is 0.0179. The van der Waals surface area contributed by atoms with Gasteiger partial charge in [-0.1, -0.05) is 18.2 Å². The number of fused-ring (bicyclic) bond motifs is 1. The Morgan fingerprint density at radius 1 is 1.12 bits per heavy atom. The third-order valence-electron chi connectivity index (χ3n) is 3.39. The molecule has 0 radical (unpaired) electrons. The van der Waals surface area contributed by atoms with E-state index in [0.29, 0.717) is 24.4 Å². The highest BCUT2D eigenvalue weighted by Gasteiger charge is 2.27. The maximum absolute atomic E-state index is 12.0. The van der Waals surface area contributed by atoms with Crippen molar-refractivity contribution < 1.29 is 17.9 Å². The highest BCUT2D eigenvalue weighted by atomic mass is 19.4. The highest BCUT2D eigenvalue weighted by Crippen LogP contribution is 2.21. The van der Waals surface area contributed by atoms with E-state index in [-0.39, 0.29) is 6.61 Å². The monoisotopic (exact) mass is 351 g/mol. The first-order valence-corrected chi connectivity index (χ1v) is 7.67. The third-order valence-corrected chi connectivity index (χ3v) is 3.39. The molecule has 0 unspecified atom stereocenters. The molecule has 0 aliphatic heterocycles. The van der Waals surface area contributed by atoms with Crippen molar-refractivity contribution >= 4 is 16.9 Å². The second-order valence-corrected chi connectivity index (χ2v) is 5.30. The Morgan fingerprint density at radius 3 is 2.68 bits per heavy atom. The van der Waals surface area contributed by atoms with Crippen molar-refractivity contribution in [2.75, 3.05) is 25.1 Å². The standard InChI is InChI=1S/C16H16F3N5O/c17-16(18,19)10-25-8-4-7-20-14-13-9-23-24(15(13)22-11-21-14)12-5-2-1-3-6-12/h1-3,5-6,9,11H,4,7-8,10H2,(H,20,21,22). The molecule has 132 valence electrons. The minimum atomic E-state index is -4.29. The molecule has 3 rings (SSSR count). The Hall–Kier alpha value is -2.68. The Morgan fingerprint density at radius 2 is 1.92 bits per heavy atom. The highest BCUT2D eigenvalue weighted by molar-refractivity contribution is 5.87. The first-order valence-electron chi connectivity index (χ1n) is 7.67. The van der Waals surface area contributed by atoms with Crippen LogP contribution in [0.4, 0.5) is 19.0 Å². The second-order valence-electron chi connectivity index (χ2n) is 5.30. The number of alkyl halides is 3. The van der Waals surface area contributed by atoms with Crippen molar-refractivity contribution in [2.45, 2.75) is 12.6 Å². The summed E-state index contributed by atoms with van der Waals surface area (Å²) in [4.78, 5) is 8.44. The van der Waals surface area contributed by atoms with Gasteiger partial charge in [0.15, 0.2) is 5.65 Å². The van der Waals surface area contributed by atoms with E-state index in [1.165, 1.54) is 6.33 Å². The van der Waals surface area contributed by atoms with Crippen LogP contribution in [-0.4, -0.2) is 45.7 Å². The molecule has 0 aliphatic rings. The van der Waals surface area contributed by atoms with Gasteiger partial charge in [0, 0.05) is 13.2 Å². The zero-order valence-electron chi connectivity index (χ0n) is 13.2. The molecular weight excluding hydrogens is 335 g/mol. The zero-order valence-corrected chi connectivity index (χ0v) is 13.2. The van der Waals surface area contributed by atoms with Crippen molar-refractivity contribution in [3.05, 3.63) is 42.9 Å². The fraction of sp³-hybridized carbons (Fsp3) is 0.312. The molecule has 0 fully saturated rings. The van der Waals surface area contributed by atoms with E-state index in [9.17, 15) is 13.2 Å². The summed E-state index contributed by atoms with van der Waals surface area (Å²) in [6.07, 6.45) is -0.788. The summed E-state index contributed by atoms with van der Waals surface area (Å²) in [7, 11) is 0. The quantitative estimate of drug-likeness (QED) is 0.662. The van der Waals surface area contributed by atoms with Crippen molar-refractivity contribution in [3.8, 4) is 5.69 Å². The van der Waals surface area contributed by atoms with Crippen LogP contribution in [0.2, 0.25) is 0 Å². The first-order chi connectivity index (χ1) is 12.0. The molecule has 3 aromatic rings. The minimum Gasteiger partial charge on any atom is -0.372 e. The Kier molecular flexibility index (Phi) is 5.13. The van der Waals surface area contributed by atoms with Crippen LogP contribution in [0.25, 0.3) is 16.7 Å². The SMILES string of the molecule is FC(F)(F)COCCCNc1ncnc2c1cnn2-c1ccccc1. The number of hydrogen-bond acceptors (Lipinski definition) is 5. The number of anilines is 1. The van der Waals surface area contributed by atoms with Crippen molar-refractivity contribution in [1.82, 2.24) is 19.7 Å². The van der Waals surface area contributed by atoms with Gasteiger partial charge in [0.25, 0.3) is 0 Å². The average Bonchev–Trinajstić information content (AvgIpc) is 3.02. The molecular formula is C16H16F3N5O. The number of aromatic nitrogens is 4. The topological polar surface area (TPSA) is 64.9 Å². The smallest absolute Gasteiger partial charge is 0.372 e. The van der Waals surface area contributed by atoms with E-state index in [1.807, 2.05) is 30.3 Å². The number of ether oxygens (including phenoxy) is 1. The van der Waals surface area contributed by atoms with E-state index in [0.717, 1.165) is 11.1 Å². The van der Waals surface area contributed by atoms with Gasteiger partial charge >= 0.3 is 6.18 Å². The summed E-state index contributed by atoms with van der Waals surface area (Å²) in [5.74, 6) is 0.586. The summed E-state index contributed by atoms with van der Waals surface area (Å²) >= 11 is 0. The van der Waals surface area contributed by atoms with Gasteiger partial charge < -0.3 is 10.1 Å². The van der Waals surface area contributed by atoms with E-state index < -0.39 is 12.8 Å². The molecule has 0 aliphatic carbocycles. The van der Waals surface area contributed by atoms with Crippen LogP contribution < -0.4 is 5.32 Å². The lowest BCUT2D eigenvalue weighted by Gasteiger charge is -2.09. The molecule has 6 nitrogen and oxygen atoms in total. The number of rotatable bonds is 7. The molecule has 0 saturated carbocycles. The summed E-state index contributed by atoms with van der Waals surface area (Å²) in [5, 5.41) is 8.16. The van der Waals surface area contributed by atoms with Crippen molar-refractivity contribution in [2.24, 2.45) is 0 Å². The van der Waals surface area contributed by atoms with Crippen LogP contribution in [0, 0.1) is 0 Å². The van der Waals surface area contributed by atoms with Crippen LogP contribution in [-0.2, 0) is 4.74 Å². The van der Waals surface area contributed by atoms with E-state index in [4.69, 9.17) is 0 Å². The molecule has 25 heavy (non-hydrogen) atoms. The Balaban J connectivity index is 1.62. The molecule has 0 spiro atoms. The van der Waals surface area contributed by atoms with Crippen LogP contribution in [0.3, 0.4) is 0 Å². The van der Waals surface area contributed by atoms with E-state index >= 15 is 0 Å². The molecule has 1 aromatic carbocycles. The maximum Gasteiger partial charge on any atom is 0.411 e. The van der Waals surface area contributed by atoms with Crippen molar-refractivity contribution in [3.63, 3.8) is 0 Å². The number of nitrogens with zero attached hydrogens (tertiary/aromatic N) is 4. The van der Waals surface area contributed by atoms with Crippen LogP contribution in [0.5, 0.6) is 0 Å². The summed E-state index contributed by atoms with van der Waals surface area (Å²) < 4.78 is 42.2. The molecule has 9 heteroatoms. The van der Waals surface area contributed by atoms with Crippen LogP contribution in [0.1, 0.15) is 6.42 Å². The lowest BCUT2D eigenvalue weighted by Crippen LogP contribution is -2.18. The van der Waals surface area contributed by atoms with Gasteiger partial charge in [-0.25, -0.2) is 14.6 Å². The Bertz CT molecular complexity index is 819. The number of nitrogens with one attached hydrogen (secondary N) is 1. The zero-order chi connectivity index (χ0) is 17.7. The lowest BCUT2D eigenvalue weighted by molar-refractivity contribution is -0.173. The molecule has 2 heterocycles. The van der Waals surface area contributed by atoms with Gasteiger partial charge in [-0.15, -0.1) is 0 Å². The largest absolute Gasteiger partial charge is 0.411 e. The molecule has 0 atom stereocenters.